The van der Waals surface area contributed by atoms with Crippen LogP contribution in [0.25, 0.3) is 0 Å². The minimum atomic E-state index is -1.57. The molecule has 0 aromatic heterocycles. The lowest BCUT2D eigenvalue weighted by Gasteiger charge is -2.26. The Morgan fingerprint density at radius 3 is 2.11 bits per heavy atom. The number of allylic oxidation sites excluding steroid dienone is 1. The van der Waals surface area contributed by atoms with E-state index in [1.807, 2.05) is 0 Å². The van der Waals surface area contributed by atoms with Crippen LogP contribution in [0.2, 0.25) is 13.1 Å². The highest BCUT2D eigenvalue weighted by Crippen LogP contribution is 2.18. The van der Waals surface area contributed by atoms with E-state index in [9.17, 15) is 0 Å². The molecule has 0 aliphatic carbocycles. The van der Waals surface area contributed by atoms with E-state index in [0.29, 0.717) is 0 Å². The first-order valence-corrected chi connectivity index (χ1v) is 9.79. The molecule has 0 unspecified atom stereocenters. The van der Waals surface area contributed by atoms with Crippen molar-refractivity contribution in [2.45, 2.75) is 26.4 Å². The minimum absolute atomic E-state index is 0.994. The molecule has 0 saturated carbocycles. The first kappa shape index (κ1) is 13.8. The lowest BCUT2D eigenvalue weighted by atomic mass is 10.1. The standard InChI is InChI=1S/C18H22Si/c1-15-10-12-17(13-11-15)14-16(2)19(3,4)18-8-6-5-7-9-18/h5-13H,2,14H2,1,3-4H3. The van der Waals surface area contributed by atoms with Gasteiger partial charge in [0.05, 0.1) is 0 Å². The van der Waals surface area contributed by atoms with Gasteiger partial charge in [0.1, 0.15) is 8.07 Å². The molecule has 0 nitrogen and oxygen atoms in total. The zero-order chi connectivity index (χ0) is 13.9. The lowest BCUT2D eigenvalue weighted by Crippen LogP contribution is -2.44. The third-order valence-electron chi connectivity index (χ3n) is 3.92. The van der Waals surface area contributed by atoms with Crippen LogP contribution in [0.1, 0.15) is 11.1 Å². The molecule has 0 radical (unpaired) electrons. The highest BCUT2D eigenvalue weighted by molar-refractivity contribution is 6.95. The Morgan fingerprint density at radius 1 is 0.947 bits per heavy atom. The van der Waals surface area contributed by atoms with Crippen LogP contribution in [-0.4, -0.2) is 8.07 Å². The molecule has 0 fully saturated rings. The third-order valence-corrected chi connectivity index (χ3v) is 7.64. The summed E-state index contributed by atoms with van der Waals surface area (Å²) in [6.07, 6.45) is 0.994. The number of rotatable bonds is 4. The van der Waals surface area contributed by atoms with E-state index in [0.717, 1.165) is 6.42 Å². The Morgan fingerprint density at radius 2 is 1.53 bits per heavy atom. The third kappa shape index (κ3) is 3.24. The maximum absolute atomic E-state index is 4.38. The fraction of sp³-hybridized carbons (Fsp3) is 0.222. The van der Waals surface area contributed by atoms with Crippen LogP contribution >= 0.6 is 0 Å². The van der Waals surface area contributed by atoms with Gasteiger partial charge in [-0.05, 0) is 18.9 Å². The van der Waals surface area contributed by atoms with Gasteiger partial charge in [-0.3, -0.25) is 0 Å². The van der Waals surface area contributed by atoms with E-state index in [1.54, 1.807) is 0 Å². The summed E-state index contributed by atoms with van der Waals surface area (Å²) in [7, 11) is -1.57. The molecular weight excluding hydrogens is 244 g/mol. The van der Waals surface area contributed by atoms with Crippen LogP contribution in [-0.2, 0) is 6.42 Å². The van der Waals surface area contributed by atoms with Crippen molar-refractivity contribution in [3.63, 3.8) is 0 Å². The van der Waals surface area contributed by atoms with Gasteiger partial charge in [0.25, 0.3) is 0 Å². The molecule has 0 spiro atoms. The quantitative estimate of drug-likeness (QED) is 0.726. The monoisotopic (exact) mass is 266 g/mol. The lowest BCUT2D eigenvalue weighted by molar-refractivity contribution is 1.22. The van der Waals surface area contributed by atoms with Crippen LogP contribution in [0, 0.1) is 6.92 Å². The van der Waals surface area contributed by atoms with Gasteiger partial charge in [0.15, 0.2) is 0 Å². The van der Waals surface area contributed by atoms with E-state index in [2.05, 4.69) is 81.2 Å². The zero-order valence-corrected chi connectivity index (χ0v) is 13.1. The molecule has 2 aromatic carbocycles. The van der Waals surface area contributed by atoms with Crippen molar-refractivity contribution >= 4 is 13.3 Å². The summed E-state index contributed by atoms with van der Waals surface area (Å²) in [6, 6.07) is 19.6. The van der Waals surface area contributed by atoms with Crippen molar-refractivity contribution in [2.75, 3.05) is 0 Å². The van der Waals surface area contributed by atoms with Crippen molar-refractivity contribution in [1.29, 1.82) is 0 Å². The largest absolute Gasteiger partial charge is 0.107 e. The van der Waals surface area contributed by atoms with E-state index in [1.165, 1.54) is 21.5 Å². The highest BCUT2D eigenvalue weighted by Gasteiger charge is 2.26. The topological polar surface area (TPSA) is 0 Å². The molecule has 2 aromatic rings. The normalized spacial score (nSPS) is 11.3. The Bertz CT molecular complexity index is 550. The van der Waals surface area contributed by atoms with Gasteiger partial charge >= 0.3 is 0 Å². The second-order valence-corrected chi connectivity index (χ2v) is 10.3. The highest BCUT2D eigenvalue weighted by atomic mass is 28.3. The fourth-order valence-corrected chi connectivity index (χ4v) is 4.31. The van der Waals surface area contributed by atoms with Gasteiger partial charge in [-0.1, -0.05) is 83.6 Å². The fourth-order valence-electron chi connectivity index (χ4n) is 2.23. The molecule has 19 heavy (non-hydrogen) atoms. The number of hydrogen-bond acceptors (Lipinski definition) is 0. The molecule has 0 amide bonds. The first-order valence-electron chi connectivity index (χ1n) is 6.79. The summed E-state index contributed by atoms with van der Waals surface area (Å²) in [5.41, 5.74) is 2.68. The van der Waals surface area contributed by atoms with E-state index >= 15 is 0 Å². The van der Waals surface area contributed by atoms with E-state index < -0.39 is 8.07 Å². The van der Waals surface area contributed by atoms with Gasteiger partial charge in [0, 0.05) is 0 Å². The van der Waals surface area contributed by atoms with Crippen LogP contribution < -0.4 is 5.19 Å². The number of aryl methyl sites for hydroxylation is 1. The maximum Gasteiger partial charge on any atom is 0.107 e. The van der Waals surface area contributed by atoms with Crippen molar-refractivity contribution in [3.8, 4) is 0 Å². The van der Waals surface area contributed by atoms with Gasteiger partial charge < -0.3 is 0 Å². The minimum Gasteiger partial charge on any atom is -0.103 e. The Balaban J connectivity index is 2.17. The van der Waals surface area contributed by atoms with Gasteiger partial charge in [-0.25, -0.2) is 0 Å². The summed E-state index contributed by atoms with van der Waals surface area (Å²) in [4.78, 5) is 0. The molecule has 0 atom stereocenters. The molecule has 0 N–H and O–H groups in total. The molecule has 1 heteroatoms. The van der Waals surface area contributed by atoms with Crippen LogP contribution in [0.4, 0.5) is 0 Å². The summed E-state index contributed by atoms with van der Waals surface area (Å²) in [5, 5.41) is 2.86. The number of hydrogen-bond donors (Lipinski definition) is 0. The summed E-state index contributed by atoms with van der Waals surface area (Å²) in [5.74, 6) is 0. The van der Waals surface area contributed by atoms with Gasteiger partial charge in [0.2, 0.25) is 0 Å². The van der Waals surface area contributed by atoms with Gasteiger partial charge in [-0.2, -0.15) is 0 Å². The Kier molecular flexibility index (Phi) is 4.06. The molecule has 0 bridgehead atoms. The molecule has 0 saturated heterocycles. The maximum atomic E-state index is 4.38. The van der Waals surface area contributed by atoms with Crippen LogP contribution in [0.15, 0.2) is 66.4 Å². The average Bonchev–Trinajstić information content (AvgIpc) is 2.42. The van der Waals surface area contributed by atoms with Gasteiger partial charge in [-0.15, -0.1) is 6.58 Å². The van der Waals surface area contributed by atoms with E-state index in [-0.39, 0.29) is 0 Å². The predicted octanol–water partition coefficient (Wildman–Crippen LogP) is 4.25. The van der Waals surface area contributed by atoms with Crippen molar-refractivity contribution in [1.82, 2.24) is 0 Å². The van der Waals surface area contributed by atoms with Crippen molar-refractivity contribution in [2.24, 2.45) is 0 Å². The molecule has 2 rings (SSSR count). The van der Waals surface area contributed by atoms with Crippen LogP contribution in [0.3, 0.4) is 0 Å². The second kappa shape index (κ2) is 5.58. The Labute approximate surface area is 117 Å². The molecule has 0 aliphatic rings. The smallest absolute Gasteiger partial charge is 0.103 e. The SMILES string of the molecule is C=C(Cc1ccc(C)cc1)[Si](C)(C)c1ccccc1. The van der Waals surface area contributed by atoms with Crippen molar-refractivity contribution in [3.05, 3.63) is 77.5 Å². The van der Waals surface area contributed by atoms with Crippen LogP contribution in [0.5, 0.6) is 0 Å². The molecule has 98 valence electrons. The predicted molar refractivity (Wildman–Crippen MR) is 87.6 cm³/mol. The Hall–Kier alpha value is -1.60. The molecular formula is C18H22Si. The second-order valence-electron chi connectivity index (χ2n) is 5.76. The average molecular weight is 266 g/mol. The molecule has 0 heterocycles. The van der Waals surface area contributed by atoms with Crippen molar-refractivity contribution < 1.29 is 0 Å². The zero-order valence-electron chi connectivity index (χ0n) is 12.1. The van der Waals surface area contributed by atoms with E-state index in [4.69, 9.17) is 0 Å². The molecule has 0 aliphatic heterocycles. The summed E-state index contributed by atoms with van der Waals surface area (Å²) in [6.45, 7) is 11.3. The summed E-state index contributed by atoms with van der Waals surface area (Å²) >= 11 is 0. The first-order chi connectivity index (χ1) is 9.00. The summed E-state index contributed by atoms with van der Waals surface area (Å²) < 4.78 is 0. The number of benzene rings is 2.